The van der Waals surface area contributed by atoms with E-state index in [9.17, 15) is 41.7 Å². The fourth-order valence-electron chi connectivity index (χ4n) is 7.17. The number of rotatable bonds is 7. The van der Waals surface area contributed by atoms with Crippen molar-refractivity contribution in [2.75, 3.05) is 0 Å². The van der Waals surface area contributed by atoms with Gasteiger partial charge in [0.2, 0.25) is 0 Å². The molecule has 0 aromatic rings. The second kappa shape index (κ2) is 11.0. The molecule has 3 saturated carbocycles. The van der Waals surface area contributed by atoms with E-state index < -0.39 is 36.6 Å². The lowest BCUT2D eigenvalue weighted by molar-refractivity contribution is -0.370. The van der Waals surface area contributed by atoms with Gasteiger partial charge in [-0.1, -0.05) is 51.0 Å². The number of allylic oxidation sites excluding steroid dienone is 3. The van der Waals surface area contributed by atoms with Gasteiger partial charge < -0.3 is 15.3 Å². The Bertz CT molecular complexity index is 875. The molecule has 3 nitrogen and oxygen atoms in total. The average Bonchev–Trinajstić information content (AvgIpc) is 3.13. The Hall–Kier alpha value is -1.32. The van der Waals surface area contributed by atoms with Gasteiger partial charge in [-0.3, -0.25) is 0 Å². The number of alkyl halides is 6. The van der Waals surface area contributed by atoms with Crippen LogP contribution in [0.3, 0.4) is 0 Å². The first-order valence-electron chi connectivity index (χ1n) is 13.3. The maximum absolute atomic E-state index is 12.9. The number of halogens is 6. The van der Waals surface area contributed by atoms with Crippen LogP contribution in [0.1, 0.15) is 84.5 Å². The topological polar surface area (TPSA) is 60.7 Å². The lowest BCUT2D eigenvalue weighted by atomic mass is 9.60. The van der Waals surface area contributed by atoms with E-state index in [1.54, 1.807) is 0 Å². The molecule has 0 amide bonds. The maximum atomic E-state index is 12.9. The molecule has 0 unspecified atom stereocenters. The highest BCUT2D eigenvalue weighted by molar-refractivity contribution is 5.38. The first-order valence-corrected chi connectivity index (χ1v) is 13.3. The minimum absolute atomic E-state index is 0.00326. The maximum Gasteiger partial charge on any atom is 0.426 e. The summed E-state index contributed by atoms with van der Waals surface area (Å²) in [5.74, 6) is 0.796. The van der Waals surface area contributed by atoms with Gasteiger partial charge in [-0.2, -0.15) is 26.3 Å². The number of hydrogen-bond donors (Lipinski definition) is 3. The molecule has 212 valence electrons. The van der Waals surface area contributed by atoms with Crippen LogP contribution in [0.4, 0.5) is 26.3 Å². The zero-order valence-electron chi connectivity index (χ0n) is 21.6. The van der Waals surface area contributed by atoms with E-state index >= 15 is 0 Å². The van der Waals surface area contributed by atoms with Crippen LogP contribution < -0.4 is 0 Å². The van der Waals surface area contributed by atoms with Gasteiger partial charge in [0.25, 0.3) is 5.60 Å². The highest BCUT2D eigenvalue weighted by Crippen LogP contribution is 2.60. The molecule has 0 aromatic heterocycles. The molecule has 0 aliphatic heterocycles. The first kappa shape index (κ1) is 30.2. The van der Waals surface area contributed by atoms with Gasteiger partial charge in [-0.25, -0.2) is 0 Å². The summed E-state index contributed by atoms with van der Waals surface area (Å²) in [6.07, 6.45) is -4.17. The van der Waals surface area contributed by atoms with E-state index in [0.29, 0.717) is 36.7 Å². The van der Waals surface area contributed by atoms with Gasteiger partial charge in [0.15, 0.2) is 0 Å². The van der Waals surface area contributed by atoms with E-state index in [-0.39, 0.29) is 24.2 Å². The monoisotopic (exact) mass is 538 g/mol. The third-order valence-corrected chi connectivity index (χ3v) is 9.37. The number of aliphatic hydroxyl groups is 3. The van der Waals surface area contributed by atoms with E-state index in [4.69, 9.17) is 0 Å². The molecule has 6 atom stereocenters. The summed E-state index contributed by atoms with van der Waals surface area (Å²) >= 11 is 0. The predicted octanol–water partition coefficient (Wildman–Crippen LogP) is 7.18. The summed E-state index contributed by atoms with van der Waals surface area (Å²) in [6, 6.07) is 0. The Morgan fingerprint density at radius 3 is 2.32 bits per heavy atom. The van der Waals surface area contributed by atoms with Crippen molar-refractivity contribution in [3.05, 3.63) is 35.5 Å². The van der Waals surface area contributed by atoms with Crippen molar-refractivity contribution in [3.8, 4) is 0 Å². The molecule has 0 radical (unpaired) electrons. The van der Waals surface area contributed by atoms with Crippen molar-refractivity contribution >= 4 is 0 Å². The van der Waals surface area contributed by atoms with Crippen molar-refractivity contribution in [1.29, 1.82) is 0 Å². The third kappa shape index (κ3) is 6.14. The summed E-state index contributed by atoms with van der Waals surface area (Å²) in [5.41, 5.74) is -1.85. The largest absolute Gasteiger partial charge is 0.426 e. The zero-order valence-corrected chi connectivity index (χ0v) is 21.6. The normalized spacial score (nSPS) is 34.7. The Balaban J connectivity index is 1.63. The van der Waals surface area contributed by atoms with Crippen molar-refractivity contribution in [2.24, 2.45) is 23.2 Å². The third-order valence-electron chi connectivity index (χ3n) is 9.37. The molecule has 3 fully saturated rings. The summed E-state index contributed by atoms with van der Waals surface area (Å²) in [6.45, 7) is 8.26. The van der Waals surface area contributed by atoms with Crippen LogP contribution in [-0.2, 0) is 0 Å². The summed E-state index contributed by atoms with van der Waals surface area (Å²) in [5, 5.41) is 29.5. The Labute approximate surface area is 215 Å². The van der Waals surface area contributed by atoms with Gasteiger partial charge in [0.05, 0.1) is 12.2 Å². The molecule has 9 heteroatoms. The molecule has 0 saturated heterocycles. The number of aliphatic hydroxyl groups excluding tert-OH is 2. The van der Waals surface area contributed by atoms with Gasteiger partial charge in [0.1, 0.15) is 0 Å². The van der Waals surface area contributed by atoms with Gasteiger partial charge in [-0.05, 0) is 85.7 Å². The molecule has 0 aromatic carbocycles. The van der Waals surface area contributed by atoms with Gasteiger partial charge >= 0.3 is 12.4 Å². The first-order chi connectivity index (χ1) is 17.0. The Morgan fingerprint density at radius 2 is 1.70 bits per heavy atom. The zero-order chi connectivity index (χ0) is 27.8. The average molecular weight is 539 g/mol. The lowest BCUT2D eigenvalue weighted by Gasteiger charge is -2.44. The van der Waals surface area contributed by atoms with Crippen LogP contribution in [0, 0.1) is 23.2 Å². The minimum Gasteiger partial charge on any atom is -0.393 e. The summed E-state index contributed by atoms with van der Waals surface area (Å²) < 4.78 is 77.6. The Morgan fingerprint density at radius 1 is 1.05 bits per heavy atom. The number of fused-ring (bicyclic) bond motifs is 1. The van der Waals surface area contributed by atoms with Crippen LogP contribution in [0.2, 0.25) is 0 Å². The molecule has 3 N–H and O–H groups in total. The van der Waals surface area contributed by atoms with Crippen molar-refractivity contribution in [2.45, 2.75) is 115 Å². The van der Waals surface area contributed by atoms with Crippen LogP contribution in [-0.4, -0.2) is 45.5 Å². The minimum atomic E-state index is -5.76. The molecular formula is C28H40F6O3. The van der Waals surface area contributed by atoms with Crippen molar-refractivity contribution < 1.29 is 41.7 Å². The molecule has 3 aliphatic carbocycles. The molecule has 3 rings (SSSR count). The summed E-state index contributed by atoms with van der Waals surface area (Å²) in [7, 11) is 0. The van der Waals surface area contributed by atoms with E-state index in [0.717, 1.165) is 37.7 Å². The van der Waals surface area contributed by atoms with Crippen LogP contribution in [0.5, 0.6) is 0 Å². The molecule has 0 spiro atoms. The number of unbranched alkanes of at least 4 members (excludes halogenated alkanes) is 1. The predicted molar refractivity (Wildman–Crippen MR) is 129 cm³/mol. The van der Waals surface area contributed by atoms with Crippen LogP contribution in [0.15, 0.2) is 35.5 Å². The Kier molecular flexibility index (Phi) is 9.02. The lowest BCUT2D eigenvalue weighted by Crippen LogP contribution is -2.56. The fourth-order valence-corrected chi connectivity index (χ4v) is 7.17. The highest BCUT2D eigenvalue weighted by Gasteiger charge is 2.69. The second-order valence-electron chi connectivity index (χ2n) is 11.7. The fraction of sp³-hybridized carbons (Fsp3) is 0.786. The molecule has 0 bridgehead atoms. The van der Waals surface area contributed by atoms with Crippen molar-refractivity contribution in [1.82, 2.24) is 0 Å². The molecule has 3 aliphatic rings. The second-order valence-corrected chi connectivity index (χ2v) is 11.7. The standard InChI is InChI=1S/C28H40F6O3/c1-17(7-4-5-14-26(37,27(29,30)31)28(32,33)34)22-11-12-23-19(8-6-13-25(22,23)3)9-10-20-15-21(35)16-24(36)18(20)2/h9-10,17,21-24,35-37H,2,4-8,11-16H2,1,3H3/b19-9+,20-10-/t17-,21-,22-,23+,24+,25-/m1/s1. The smallest absolute Gasteiger partial charge is 0.393 e. The molecular weight excluding hydrogens is 498 g/mol. The van der Waals surface area contributed by atoms with Crippen LogP contribution in [0.25, 0.3) is 0 Å². The molecule has 0 heterocycles. The van der Waals surface area contributed by atoms with E-state index in [2.05, 4.69) is 19.6 Å². The quantitative estimate of drug-likeness (QED) is 0.238. The highest BCUT2D eigenvalue weighted by atomic mass is 19.4. The molecule has 37 heavy (non-hydrogen) atoms. The summed E-state index contributed by atoms with van der Waals surface area (Å²) in [4.78, 5) is 0. The van der Waals surface area contributed by atoms with E-state index in [1.807, 2.05) is 13.0 Å². The van der Waals surface area contributed by atoms with Crippen LogP contribution >= 0.6 is 0 Å². The van der Waals surface area contributed by atoms with Crippen molar-refractivity contribution in [3.63, 3.8) is 0 Å². The van der Waals surface area contributed by atoms with Gasteiger partial charge in [-0.15, -0.1) is 0 Å². The van der Waals surface area contributed by atoms with E-state index in [1.165, 1.54) is 5.57 Å². The van der Waals surface area contributed by atoms with Gasteiger partial charge in [0, 0.05) is 6.42 Å². The SMILES string of the molecule is C=C1/C(=C\C=C2/CCC[C@]3(C)[C@@H]([C@H](C)CCCCC(O)(C(F)(F)F)C(F)(F)F)CC[C@@H]23)C[C@@H](O)C[C@@H]1O. The number of hydrogen-bond acceptors (Lipinski definition) is 3.